The van der Waals surface area contributed by atoms with E-state index in [0.29, 0.717) is 12.0 Å². The summed E-state index contributed by atoms with van der Waals surface area (Å²) < 4.78 is 11.6. The van der Waals surface area contributed by atoms with Crippen molar-refractivity contribution in [1.29, 1.82) is 0 Å². The number of aromatic nitrogens is 2. The van der Waals surface area contributed by atoms with Crippen molar-refractivity contribution < 1.29 is 9.26 Å². The molecule has 7 heteroatoms. The third kappa shape index (κ3) is 4.07. The van der Waals surface area contributed by atoms with Crippen LogP contribution in [0.4, 0.5) is 5.82 Å². The van der Waals surface area contributed by atoms with Crippen LogP contribution >= 0.6 is 0 Å². The van der Waals surface area contributed by atoms with E-state index in [1.54, 1.807) is 0 Å². The summed E-state index contributed by atoms with van der Waals surface area (Å²) in [6.45, 7) is 8.35. The summed E-state index contributed by atoms with van der Waals surface area (Å²) in [6, 6.07) is 12.9. The van der Waals surface area contributed by atoms with Crippen LogP contribution < -0.4 is 9.64 Å². The van der Waals surface area contributed by atoms with Crippen LogP contribution in [0.25, 0.3) is 11.0 Å². The number of fused-ring (bicyclic) bond motifs is 2. The highest BCUT2D eigenvalue weighted by Gasteiger charge is 2.34. The van der Waals surface area contributed by atoms with Gasteiger partial charge in [-0.1, -0.05) is 23.4 Å². The number of benzene rings is 1. The quantitative estimate of drug-likeness (QED) is 0.590. The Labute approximate surface area is 188 Å². The Hall–Kier alpha value is -2.64. The van der Waals surface area contributed by atoms with Crippen LogP contribution in [0.15, 0.2) is 47.1 Å². The zero-order valence-electron chi connectivity index (χ0n) is 18.5. The molecule has 3 aromatic rings. The van der Waals surface area contributed by atoms with E-state index in [9.17, 15) is 0 Å². The zero-order chi connectivity index (χ0) is 21.3. The monoisotopic (exact) mass is 433 g/mol. The van der Waals surface area contributed by atoms with Crippen molar-refractivity contribution >= 4 is 16.8 Å². The van der Waals surface area contributed by atoms with E-state index in [1.807, 2.05) is 24.4 Å². The van der Waals surface area contributed by atoms with Gasteiger partial charge >= 0.3 is 0 Å². The molecular weight excluding hydrogens is 402 g/mol. The Balaban J connectivity index is 1.01. The number of rotatable bonds is 6. The number of hydrogen-bond donors (Lipinski definition) is 0. The third-order valence-electron chi connectivity index (χ3n) is 7.28. The number of ether oxygens (including phenoxy) is 1. The van der Waals surface area contributed by atoms with Crippen LogP contribution in [-0.4, -0.2) is 71.9 Å². The van der Waals surface area contributed by atoms with Crippen LogP contribution in [0.1, 0.15) is 24.8 Å². The van der Waals surface area contributed by atoms with Crippen molar-refractivity contribution in [2.24, 2.45) is 5.92 Å². The first-order chi connectivity index (χ1) is 15.8. The summed E-state index contributed by atoms with van der Waals surface area (Å²) in [4.78, 5) is 12.0. The highest BCUT2D eigenvalue weighted by molar-refractivity contribution is 5.88. The van der Waals surface area contributed by atoms with Crippen molar-refractivity contribution in [3.63, 3.8) is 0 Å². The molecule has 32 heavy (non-hydrogen) atoms. The molecule has 6 rings (SSSR count). The molecule has 3 aliphatic rings. The summed E-state index contributed by atoms with van der Waals surface area (Å²) in [5.41, 5.74) is 2.14. The van der Waals surface area contributed by atoms with Crippen LogP contribution in [0.5, 0.6) is 5.88 Å². The minimum Gasteiger partial charge on any atom is -0.477 e. The maximum Gasteiger partial charge on any atom is 0.213 e. The highest BCUT2D eigenvalue weighted by Crippen LogP contribution is 2.31. The molecule has 0 radical (unpaired) electrons. The lowest BCUT2D eigenvalue weighted by Crippen LogP contribution is -2.57. The van der Waals surface area contributed by atoms with E-state index in [1.165, 1.54) is 37.9 Å². The maximum absolute atomic E-state index is 6.07. The molecule has 3 fully saturated rings. The largest absolute Gasteiger partial charge is 0.477 e. The third-order valence-corrected chi connectivity index (χ3v) is 7.28. The molecule has 0 N–H and O–H groups in total. The Morgan fingerprint density at radius 2 is 1.94 bits per heavy atom. The minimum absolute atomic E-state index is 0.563. The number of likely N-dealkylation sites (tertiary alicyclic amines) is 1. The summed E-state index contributed by atoms with van der Waals surface area (Å²) >= 11 is 0. The summed E-state index contributed by atoms with van der Waals surface area (Å²) in [5.74, 6) is 2.31. The zero-order valence-corrected chi connectivity index (χ0v) is 18.5. The Bertz CT molecular complexity index is 1050. The van der Waals surface area contributed by atoms with Gasteiger partial charge in [-0.3, -0.25) is 9.80 Å². The molecule has 2 atom stereocenters. The Morgan fingerprint density at radius 3 is 2.78 bits per heavy atom. The van der Waals surface area contributed by atoms with Crippen molar-refractivity contribution in [3.8, 4) is 5.88 Å². The maximum atomic E-state index is 6.07. The molecule has 2 aromatic heterocycles. The molecule has 168 valence electrons. The average molecular weight is 434 g/mol. The van der Waals surface area contributed by atoms with Crippen molar-refractivity contribution in [2.75, 3.05) is 50.8 Å². The molecule has 7 nitrogen and oxygen atoms in total. The van der Waals surface area contributed by atoms with Crippen LogP contribution in [-0.2, 0) is 6.54 Å². The first-order valence-electron chi connectivity index (χ1n) is 12.0. The molecule has 3 aliphatic heterocycles. The van der Waals surface area contributed by atoms with E-state index in [0.717, 1.165) is 62.0 Å². The number of piperazine rings is 1. The van der Waals surface area contributed by atoms with Gasteiger partial charge in [0.15, 0.2) is 11.4 Å². The van der Waals surface area contributed by atoms with Crippen molar-refractivity contribution in [2.45, 2.75) is 31.8 Å². The standard InChI is InChI=1S/C25H31N5O2/c1-2-5-23-22(4-1)25(27-32-23)30-13-12-29-16-20(6-8-21(29)17-30)18-31-24-9-7-19(14-26-24)15-28-10-3-11-28/h1-2,4-5,7,9,14,20-21H,3,6,8,10-13,15-18H2/t20-,21-/m0/s1. The minimum atomic E-state index is 0.563. The lowest BCUT2D eigenvalue weighted by Gasteiger charge is -2.46. The van der Waals surface area contributed by atoms with Crippen LogP contribution in [0, 0.1) is 5.92 Å². The SMILES string of the molecule is c1ccc2c(N3CCN4C[C@@H](COc5ccc(CN6CCC6)cn5)CC[C@H]4C3)noc2c1. The normalized spacial score (nSPS) is 24.3. The van der Waals surface area contributed by atoms with E-state index in [4.69, 9.17) is 9.26 Å². The topological polar surface area (TPSA) is 57.9 Å². The number of nitrogens with zero attached hydrogens (tertiary/aromatic N) is 5. The molecule has 0 unspecified atom stereocenters. The van der Waals surface area contributed by atoms with E-state index in [-0.39, 0.29) is 0 Å². The van der Waals surface area contributed by atoms with Crippen LogP contribution in [0.2, 0.25) is 0 Å². The molecular formula is C25H31N5O2. The molecule has 5 heterocycles. The number of pyridine rings is 1. The highest BCUT2D eigenvalue weighted by atomic mass is 16.5. The van der Waals surface area contributed by atoms with Gasteiger partial charge in [0.05, 0.1) is 12.0 Å². The van der Waals surface area contributed by atoms with E-state index in [2.05, 4.69) is 43.0 Å². The van der Waals surface area contributed by atoms with Crippen molar-refractivity contribution in [3.05, 3.63) is 48.2 Å². The Morgan fingerprint density at radius 1 is 1.00 bits per heavy atom. The molecule has 0 amide bonds. The summed E-state index contributed by atoms with van der Waals surface area (Å²) in [7, 11) is 0. The van der Waals surface area contributed by atoms with Gasteiger partial charge in [0.25, 0.3) is 0 Å². The molecule has 0 bridgehead atoms. The predicted molar refractivity (Wildman–Crippen MR) is 124 cm³/mol. The van der Waals surface area contributed by atoms with Gasteiger partial charge in [-0.15, -0.1) is 0 Å². The molecule has 1 aromatic carbocycles. The fraction of sp³-hybridized carbons (Fsp3) is 0.520. The summed E-state index contributed by atoms with van der Waals surface area (Å²) in [5, 5.41) is 5.48. The molecule has 0 aliphatic carbocycles. The van der Waals surface area contributed by atoms with Gasteiger partial charge in [-0.2, -0.15) is 0 Å². The van der Waals surface area contributed by atoms with Gasteiger partial charge in [0.1, 0.15) is 0 Å². The average Bonchev–Trinajstić information content (AvgIpc) is 3.25. The second-order valence-corrected chi connectivity index (χ2v) is 9.49. The lowest BCUT2D eigenvalue weighted by molar-refractivity contribution is 0.0716. The van der Waals surface area contributed by atoms with E-state index >= 15 is 0 Å². The predicted octanol–water partition coefficient (Wildman–Crippen LogP) is 3.41. The molecule has 0 spiro atoms. The fourth-order valence-corrected chi connectivity index (χ4v) is 5.28. The van der Waals surface area contributed by atoms with Gasteiger partial charge in [0.2, 0.25) is 5.88 Å². The van der Waals surface area contributed by atoms with Crippen LogP contribution in [0.3, 0.4) is 0 Å². The second-order valence-electron chi connectivity index (χ2n) is 9.49. The van der Waals surface area contributed by atoms with Gasteiger partial charge < -0.3 is 14.2 Å². The van der Waals surface area contributed by atoms with Gasteiger partial charge in [-0.25, -0.2) is 4.98 Å². The number of anilines is 1. The first kappa shape index (κ1) is 20.0. The molecule has 0 saturated carbocycles. The second kappa shape index (κ2) is 8.71. The Kier molecular flexibility index (Phi) is 5.45. The lowest BCUT2D eigenvalue weighted by atomic mass is 9.91. The molecule has 3 saturated heterocycles. The number of para-hydroxylation sites is 1. The smallest absolute Gasteiger partial charge is 0.213 e. The van der Waals surface area contributed by atoms with Gasteiger partial charge in [0, 0.05) is 56.9 Å². The van der Waals surface area contributed by atoms with Gasteiger partial charge in [-0.05, 0) is 50.0 Å². The fourth-order valence-electron chi connectivity index (χ4n) is 5.28. The van der Waals surface area contributed by atoms with Crippen molar-refractivity contribution in [1.82, 2.24) is 19.9 Å². The first-order valence-corrected chi connectivity index (χ1v) is 12.0. The number of hydrogen-bond acceptors (Lipinski definition) is 7. The summed E-state index contributed by atoms with van der Waals surface area (Å²) in [6.07, 6.45) is 5.69. The van der Waals surface area contributed by atoms with E-state index < -0.39 is 0 Å². The number of piperidine rings is 1.